The number of nitrogens with two attached hydrogens (primary N) is 1. The first kappa shape index (κ1) is 16.3. The Labute approximate surface area is 122 Å². The van der Waals surface area contributed by atoms with E-state index < -0.39 is 5.97 Å². The van der Waals surface area contributed by atoms with Crippen molar-refractivity contribution in [3.63, 3.8) is 0 Å². The number of methoxy groups -OCH3 is 1. The van der Waals surface area contributed by atoms with E-state index >= 15 is 0 Å². The van der Waals surface area contributed by atoms with E-state index in [-0.39, 0.29) is 16.5 Å². The Kier molecular flexibility index (Phi) is 5.82. The molecule has 0 aliphatic rings. The van der Waals surface area contributed by atoms with Gasteiger partial charge >= 0.3 is 5.97 Å². The summed E-state index contributed by atoms with van der Waals surface area (Å²) in [5, 5.41) is 6.30. The summed E-state index contributed by atoms with van der Waals surface area (Å²) in [4.78, 5) is 23.8. The van der Waals surface area contributed by atoms with E-state index in [2.05, 4.69) is 29.2 Å². The van der Waals surface area contributed by atoms with Crippen LogP contribution in [0.2, 0.25) is 0 Å². The van der Waals surface area contributed by atoms with Crippen LogP contribution in [0.4, 0.5) is 10.7 Å². The van der Waals surface area contributed by atoms with Gasteiger partial charge in [-0.2, -0.15) is 0 Å². The molecule has 6 nitrogen and oxygen atoms in total. The first-order valence-electron chi connectivity index (χ1n) is 6.38. The van der Waals surface area contributed by atoms with Crippen molar-refractivity contribution in [2.75, 3.05) is 31.8 Å². The minimum atomic E-state index is -0.533. The van der Waals surface area contributed by atoms with Gasteiger partial charge in [0.05, 0.1) is 18.4 Å². The van der Waals surface area contributed by atoms with Crippen LogP contribution in [-0.2, 0) is 4.74 Å². The third-order valence-corrected chi connectivity index (χ3v) is 3.92. The Morgan fingerprint density at radius 3 is 2.55 bits per heavy atom. The number of carbonyl (C=O) groups excluding carboxylic acids is 2. The van der Waals surface area contributed by atoms with Crippen molar-refractivity contribution in [3.05, 3.63) is 10.4 Å². The molecule has 0 saturated carbocycles. The molecule has 1 rings (SSSR count). The van der Waals surface area contributed by atoms with Crippen molar-refractivity contribution in [1.82, 2.24) is 5.32 Å². The highest BCUT2D eigenvalue weighted by molar-refractivity contribution is 7.19. The fraction of sp³-hybridized carbons (Fsp3) is 0.538. The van der Waals surface area contributed by atoms with Crippen LogP contribution < -0.4 is 16.4 Å². The number of hydrogen-bond acceptors (Lipinski definition) is 6. The van der Waals surface area contributed by atoms with E-state index in [0.717, 1.165) is 17.8 Å². The molecule has 1 amide bonds. The zero-order valence-electron chi connectivity index (χ0n) is 12.2. The van der Waals surface area contributed by atoms with Gasteiger partial charge in [-0.1, -0.05) is 13.8 Å². The molecule has 0 aromatic carbocycles. The normalized spacial score (nSPS) is 10.4. The molecular weight excluding hydrogens is 278 g/mol. The largest absolute Gasteiger partial charge is 0.465 e. The molecule has 0 aliphatic heterocycles. The predicted molar refractivity (Wildman–Crippen MR) is 81.4 cm³/mol. The Hall–Kier alpha value is -1.76. The monoisotopic (exact) mass is 299 g/mol. The number of nitrogens with one attached hydrogen (secondary N) is 2. The quantitative estimate of drug-likeness (QED) is 0.698. The van der Waals surface area contributed by atoms with Gasteiger partial charge in [0.15, 0.2) is 0 Å². The van der Waals surface area contributed by atoms with Gasteiger partial charge in [-0.3, -0.25) is 4.79 Å². The third kappa shape index (κ3) is 3.63. The van der Waals surface area contributed by atoms with Gasteiger partial charge in [0.25, 0.3) is 5.91 Å². The average Bonchev–Trinajstić information content (AvgIpc) is 2.73. The standard InChI is InChI=1S/C13H21N3O3S/c1-7(2)5-6-16-12-8(11(17)15-3)9(14)10(20-12)13(18)19-4/h7,16H,5-6,14H2,1-4H3,(H,15,17). The predicted octanol–water partition coefficient (Wildman–Crippen LogP) is 1.93. The molecule has 20 heavy (non-hydrogen) atoms. The summed E-state index contributed by atoms with van der Waals surface area (Å²) in [5.41, 5.74) is 6.36. The van der Waals surface area contributed by atoms with Crippen LogP contribution in [-0.4, -0.2) is 32.6 Å². The van der Waals surface area contributed by atoms with Gasteiger partial charge in [-0.05, 0) is 12.3 Å². The van der Waals surface area contributed by atoms with E-state index in [4.69, 9.17) is 5.73 Å². The minimum absolute atomic E-state index is 0.160. The summed E-state index contributed by atoms with van der Waals surface area (Å²) in [6, 6.07) is 0. The van der Waals surface area contributed by atoms with Crippen molar-refractivity contribution in [3.8, 4) is 0 Å². The number of rotatable bonds is 6. The molecule has 1 heterocycles. The van der Waals surface area contributed by atoms with Crippen molar-refractivity contribution in [1.29, 1.82) is 0 Å². The lowest BCUT2D eigenvalue weighted by atomic mass is 10.1. The summed E-state index contributed by atoms with van der Waals surface area (Å²) in [7, 11) is 2.81. The number of esters is 1. The van der Waals surface area contributed by atoms with Crippen LogP contribution >= 0.6 is 11.3 Å². The summed E-state index contributed by atoms with van der Waals surface area (Å²) in [6.45, 7) is 4.94. The van der Waals surface area contributed by atoms with Crippen molar-refractivity contribution >= 4 is 33.9 Å². The fourth-order valence-corrected chi connectivity index (χ4v) is 2.70. The van der Waals surface area contributed by atoms with E-state index in [1.807, 2.05) is 0 Å². The van der Waals surface area contributed by atoms with Gasteiger partial charge in [-0.25, -0.2) is 4.79 Å². The second kappa shape index (κ2) is 7.14. The molecule has 0 radical (unpaired) electrons. The smallest absolute Gasteiger partial charge is 0.350 e. The summed E-state index contributed by atoms with van der Waals surface area (Å²) in [6.07, 6.45) is 0.957. The van der Waals surface area contributed by atoms with Gasteiger partial charge < -0.3 is 21.1 Å². The van der Waals surface area contributed by atoms with Crippen LogP contribution in [0.5, 0.6) is 0 Å². The lowest BCUT2D eigenvalue weighted by Gasteiger charge is -2.08. The lowest BCUT2D eigenvalue weighted by Crippen LogP contribution is -2.20. The maximum absolute atomic E-state index is 11.9. The molecule has 0 fully saturated rings. The van der Waals surface area contributed by atoms with Gasteiger partial charge in [0.1, 0.15) is 9.88 Å². The number of anilines is 2. The molecular formula is C13H21N3O3S. The molecule has 0 atom stereocenters. The Morgan fingerprint density at radius 2 is 2.05 bits per heavy atom. The SMILES string of the molecule is CNC(=O)c1c(NCCC(C)C)sc(C(=O)OC)c1N. The molecule has 4 N–H and O–H groups in total. The number of carbonyl (C=O) groups is 2. The van der Waals surface area contributed by atoms with E-state index in [9.17, 15) is 9.59 Å². The van der Waals surface area contributed by atoms with E-state index in [0.29, 0.717) is 23.0 Å². The third-order valence-electron chi connectivity index (χ3n) is 2.78. The molecule has 0 bridgehead atoms. The van der Waals surface area contributed by atoms with Crippen molar-refractivity contribution < 1.29 is 14.3 Å². The zero-order valence-corrected chi connectivity index (χ0v) is 13.0. The average molecular weight is 299 g/mol. The molecule has 0 unspecified atom stereocenters. The highest BCUT2D eigenvalue weighted by Gasteiger charge is 2.25. The molecule has 7 heteroatoms. The second-order valence-electron chi connectivity index (χ2n) is 4.73. The number of ether oxygens (including phenoxy) is 1. The van der Waals surface area contributed by atoms with Crippen LogP contribution in [0, 0.1) is 5.92 Å². The fourth-order valence-electron chi connectivity index (χ4n) is 1.64. The topological polar surface area (TPSA) is 93.5 Å². The Balaban J connectivity index is 3.07. The van der Waals surface area contributed by atoms with Crippen LogP contribution in [0.25, 0.3) is 0 Å². The maximum atomic E-state index is 11.9. The molecule has 0 aliphatic carbocycles. The van der Waals surface area contributed by atoms with Gasteiger partial charge in [0, 0.05) is 13.6 Å². The summed E-state index contributed by atoms with van der Waals surface area (Å²) in [5.74, 6) is -0.307. The van der Waals surface area contributed by atoms with Crippen LogP contribution in [0.15, 0.2) is 0 Å². The highest BCUT2D eigenvalue weighted by atomic mass is 32.1. The summed E-state index contributed by atoms with van der Waals surface area (Å²) >= 11 is 1.14. The number of amides is 1. The van der Waals surface area contributed by atoms with Crippen molar-refractivity contribution in [2.45, 2.75) is 20.3 Å². The Bertz CT molecular complexity index is 497. The number of nitrogen functional groups attached to an aromatic ring is 1. The summed E-state index contributed by atoms with van der Waals surface area (Å²) < 4.78 is 4.67. The minimum Gasteiger partial charge on any atom is -0.465 e. The van der Waals surface area contributed by atoms with Gasteiger partial charge in [0.2, 0.25) is 0 Å². The molecule has 0 saturated heterocycles. The van der Waals surface area contributed by atoms with Gasteiger partial charge in [-0.15, -0.1) is 11.3 Å². The van der Waals surface area contributed by atoms with Crippen LogP contribution in [0.3, 0.4) is 0 Å². The molecule has 1 aromatic rings. The molecule has 1 aromatic heterocycles. The zero-order chi connectivity index (χ0) is 15.3. The lowest BCUT2D eigenvalue weighted by molar-refractivity contribution is 0.0607. The second-order valence-corrected chi connectivity index (χ2v) is 5.75. The van der Waals surface area contributed by atoms with E-state index in [1.54, 1.807) is 0 Å². The van der Waals surface area contributed by atoms with Crippen molar-refractivity contribution in [2.24, 2.45) is 5.92 Å². The Morgan fingerprint density at radius 1 is 1.40 bits per heavy atom. The highest BCUT2D eigenvalue weighted by Crippen LogP contribution is 2.36. The first-order valence-corrected chi connectivity index (χ1v) is 7.20. The number of thiophene rings is 1. The maximum Gasteiger partial charge on any atom is 0.350 e. The molecule has 112 valence electrons. The van der Waals surface area contributed by atoms with E-state index in [1.165, 1.54) is 14.2 Å². The molecule has 0 spiro atoms. The first-order chi connectivity index (χ1) is 9.42. The number of hydrogen-bond donors (Lipinski definition) is 3. The van der Waals surface area contributed by atoms with Crippen LogP contribution in [0.1, 0.15) is 40.3 Å².